The lowest BCUT2D eigenvalue weighted by atomic mass is 9.93. The highest BCUT2D eigenvalue weighted by Gasteiger charge is 2.49. The van der Waals surface area contributed by atoms with Gasteiger partial charge in [0.25, 0.3) is 0 Å². The molecule has 0 aromatic heterocycles. The fourth-order valence-electron chi connectivity index (χ4n) is 3.09. The van der Waals surface area contributed by atoms with Gasteiger partial charge in [0.2, 0.25) is 0 Å². The van der Waals surface area contributed by atoms with Crippen molar-refractivity contribution in [1.82, 2.24) is 4.90 Å². The van der Waals surface area contributed by atoms with E-state index >= 15 is 0 Å². The van der Waals surface area contributed by atoms with Gasteiger partial charge in [0.1, 0.15) is 30.8 Å². The van der Waals surface area contributed by atoms with Crippen LogP contribution in [0.4, 0.5) is 4.79 Å². The number of ether oxygens (including phenoxy) is 5. The molecule has 1 aliphatic heterocycles. The maximum absolute atomic E-state index is 12.8. The first kappa shape index (κ1) is 25.5. The van der Waals surface area contributed by atoms with Crippen LogP contribution in [-0.2, 0) is 30.3 Å². The Kier molecular flexibility index (Phi) is 8.55. The van der Waals surface area contributed by atoms with E-state index in [9.17, 15) is 9.59 Å². The molecule has 32 heavy (non-hydrogen) atoms. The van der Waals surface area contributed by atoms with E-state index in [0.29, 0.717) is 6.61 Å². The predicted molar refractivity (Wildman–Crippen MR) is 119 cm³/mol. The highest BCUT2D eigenvalue weighted by atomic mass is 16.6. The Bertz CT molecular complexity index is 790. The minimum absolute atomic E-state index is 0.0142. The molecule has 0 bridgehead atoms. The van der Waals surface area contributed by atoms with E-state index in [0.717, 1.165) is 11.3 Å². The normalized spacial score (nSPS) is 19.2. The van der Waals surface area contributed by atoms with Gasteiger partial charge in [-0.15, -0.1) is 0 Å². The number of benzene rings is 1. The maximum Gasteiger partial charge on any atom is 0.413 e. The molecule has 2 rings (SSSR count). The van der Waals surface area contributed by atoms with E-state index in [1.54, 1.807) is 34.0 Å². The van der Waals surface area contributed by atoms with Crippen molar-refractivity contribution in [3.05, 3.63) is 42.2 Å². The standard InChI is InChI=1S/C24H35NO7/c1-23(2,3)21-25(22(27)32-24(4,5)6)19(16-31-21)20(26)30-14-8-13-29-15-17-9-11-18(28-7)12-10-17/h8-13,19,21H,14-16H2,1-7H3/b13-8+/t19-,21+/m0/s1. The van der Waals surface area contributed by atoms with Crippen molar-refractivity contribution in [1.29, 1.82) is 0 Å². The number of carbonyl (C=O) groups excluding carboxylic acids is 2. The van der Waals surface area contributed by atoms with Gasteiger partial charge in [0.05, 0.1) is 20.0 Å². The monoisotopic (exact) mass is 449 g/mol. The third-order valence-electron chi connectivity index (χ3n) is 4.54. The van der Waals surface area contributed by atoms with Crippen LogP contribution in [0.25, 0.3) is 0 Å². The van der Waals surface area contributed by atoms with Crippen LogP contribution in [-0.4, -0.2) is 55.2 Å². The summed E-state index contributed by atoms with van der Waals surface area (Å²) in [5, 5.41) is 0. The number of nitrogens with zero attached hydrogens (tertiary/aromatic N) is 1. The Hall–Kier alpha value is -2.74. The van der Waals surface area contributed by atoms with Gasteiger partial charge in [0.15, 0.2) is 6.04 Å². The van der Waals surface area contributed by atoms with E-state index in [1.807, 2.05) is 45.0 Å². The lowest BCUT2D eigenvalue weighted by molar-refractivity contribution is -0.148. The second-order valence-electron chi connectivity index (χ2n) is 9.62. The molecule has 0 saturated carbocycles. The number of methoxy groups -OCH3 is 1. The van der Waals surface area contributed by atoms with Crippen molar-refractivity contribution >= 4 is 12.1 Å². The van der Waals surface area contributed by atoms with Crippen LogP contribution in [0.2, 0.25) is 0 Å². The predicted octanol–water partition coefficient (Wildman–Crippen LogP) is 4.28. The smallest absolute Gasteiger partial charge is 0.413 e. The van der Waals surface area contributed by atoms with Crippen LogP contribution < -0.4 is 4.74 Å². The minimum atomic E-state index is -0.873. The van der Waals surface area contributed by atoms with Crippen LogP contribution in [0, 0.1) is 5.41 Å². The summed E-state index contributed by atoms with van der Waals surface area (Å²) in [6.45, 7) is 11.6. The molecule has 8 nitrogen and oxygen atoms in total. The number of amides is 1. The number of esters is 1. The van der Waals surface area contributed by atoms with Crippen molar-refractivity contribution in [3.8, 4) is 5.75 Å². The number of hydrogen-bond acceptors (Lipinski definition) is 7. The zero-order valence-corrected chi connectivity index (χ0v) is 20.0. The number of hydrogen-bond donors (Lipinski definition) is 0. The van der Waals surface area contributed by atoms with E-state index in [1.165, 1.54) is 11.2 Å². The number of rotatable bonds is 7. The van der Waals surface area contributed by atoms with Gasteiger partial charge in [-0.3, -0.25) is 4.90 Å². The van der Waals surface area contributed by atoms with Crippen molar-refractivity contribution in [2.75, 3.05) is 20.3 Å². The zero-order valence-electron chi connectivity index (χ0n) is 20.0. The van der Waals surface area contributed by atoms with E-state index in [2.05, 4.69) is 0 Å². The van der Waals surface area contributed by atoms with E-state index < -0.39 is 35.3 Å². The lowest BCUT2D eigenvalue weighted by Crippen LogP contribution is -2.52. The summed E-state index contributed by atoms with van der Waals surface area (Å²) in [5.41, 5.74) is -0.112. The van der Waals surface area contributed by atoms with Crippen LogP contribution in [0.15, 0.2) is 36.6 Å². The van der Waals surface area contributed by atoms with Crippen LogP contribution in [0.5, 0.6) is 5.75 Å². The average Bonchev–Trinajstić information content (AvgIpc) is 3.15. The van der Waals surface area contributed by atoms with Crippen LogP contribution in [0.3, 0.4) is 0 Å². The highest BCUT2D eigenvalue weighted by molar-refractivity contribution is 5.82. The van der Waals surface area contributed by atoms with Gasteiger partial charge in [-0.25, -0.2) is 9.59 Å². The molecule has 1 aromatic carbocycles. The third kappa shape index (κ3) is 7.44. The molecule has 2 atom stereocenters. The fraction of sp³-hybridized carbons (Fsp3) is 0.583. The summed E-state index contributed by atoms with van der Waals surface area (Å²) < 4.78 is 27.2. The SMILES string of the molecule is COc1ccc(CO/C=C/COC(=O)[C@@H]2CO[C@H](C(C)(C)C)N2C(=O)OC(C)(C)C)cc1. The molecule has 8 heteroatoms. The van der Waals surface area contributed by atoms with Crippen molar-refractivity contribution < 1.29 is 33.3 Å². The summed E-state index contributed by atoms with van der Waals surface area (Å²) in [6, 6.07) is 6.65. The molecule has 1 saturated heterocycles. The summed E-state index contributed by atoms with van der Waals surface area (Å²) in [7, 11) is 1.61. The Balaban J connectivity index is 1.89. The van der Waals surface area contributed by atoms with Crippen molar-refractivity contribution in [3.63, 3.8) is 0 Å². The average molecular weight is 450 g/mol. The molecule has 1 fully saturated rings. The summed E-state index contributed by atoms with van der Waals surface area (Å²) >= 11 is 0. The van der Waals surface area contributed by atoms with Crippen LogP contribution >= 0.6 is 0 Å². The van der Waals surface area contributed by atoms with Gasteiger partial charge in [-0.05, 0) is 44.5 Å². The molecule has 1 amide bonds. The number of carbonyl (C=O) groups is 2. The molecule has 0 radical (unpaired) electrons. The molecule has 1 heterocycles. The van der Waals surface area contributed by atoms with E-state index in [-0.39, 0.29) is 13.2 Å². The van der Waals surface area contributed by atoms with E-state index in [4.69, 9.17) is 23.7 Å². The zero-order chi connectivity index (χ0) is 23.9. The van der Waals surface area contributed by atoms with Gasteiger partial charge in [0, 0.05) is 5.41 Å². The Morgan fingerprint density at radius 2 is 1.78 bits per heavy atom. The topological polar surface area (TPSA) is 83.5 Å². The van der Waals surface area contributed by atoms with Crippen LogP contribution in [0.1, 0.15) is 47.1 Å². The van der Waals surface area contributed by atoms with Gasteiger partial charge in [-0.1, -0.05) is 32.9 Å². The Labute approximate surface area is 190 Å². The Morgan fingerprint density at radius 1 is 1.12 bits per heavy atom. The summed E-state index contributed by atoms with van der Waals surface area (Å²) in [4.78, 5) is 26.8. The second kappa shape index (κ2) is 10.7. The quantitative estimate of drug-likeness (QED) is 0.454. The van der Waals surface area contributed by atoms with Gasteiger partial charge in [-0.2, -0.15) is 0 Å². The summed E-state index contributed by atoms with van der Waals surface area (Å²) in [5.74, 6) is 0.226. The molecular formula is C24H35NO7. The van der Waals surface area contributed by atoms with Gasteiger partial charge >= 0.3 is 12.1 Å². The molecule has 1 aromatic rings. The largest absolute Gasteiger partial charge is 0.497 e. The second-order valence-corrected chi connectivity index (χ2v) is 9.62. The molecular weight excluding hydrogens is 414 g/mol. The summed E-state index contributed by atoms with van der Waals surface area (Å²) in [6.07, 6.45) is 1.87. The van der Waals surface area contributed by atoms with Gasteiger partial charge < -0.3 is 23.7 Å². The molecule has 0 N–H and O–H groups in total. The first-order valence-electron chi connectivity index (χ1n) is 10.6. The minimum Gasteiger partial charge on any atom is -0.497 e. The first-order valence-corrected chi connectivity index (χ1v) is 10.6. The molecule has 0 unspecified atom stereocenters. The molecule has 0 aliphatic carbocycles. The van der Waals surface area contributed by atoms with Crippen molar-refractivity contribution in [2.24, 2.45) is 5.41 Å². The molecule has 178 valence electrons. The third-order valence-corrected chi connectivity index (χ3v) is 4.54. The molecule has 1 aliphatic rings. The lowest BCUT2D eigenvalue weighted by Gasteiger charge is -2.36. The highest BCUT2D eigenvalue weighted by Crippen LogP contribution is 2.33. The van der Waals surface area contributed by atoms with Crippen molar-refractivity contribution in [2.45, 2.75) is 66.0 Å². The maximum atomic E-state index is 12.8. The molecule has 0 spiro atoms. The first-order chi connectivity index (χ1) is 14.9. The Morgan fingerprint density at radius 3 is 2.34 bits per heavy atom. The fourth-order valence-corrected chi connectivity index (χ4v) is 3.09.